The summed E-state index contributed by atoms with van der Waals surface area (Å²) < 4.78 is 40.8. The third-order valence-corrected chi connectivity index (χ3v) is 3.16. The van der Waals surface area contributed by atoms with E-state index in [-0.39, 0.29) is 5.88 Å². The van der Waals surface area contributed by atoms with Crippen LogP contribution < -0.4 is 10.1 Å². The van der Waals surface area contributed by atoms with Gasteiger partial charge in [-0.1, -0.05) is 6.07 Å². The number of hydrogen-bond donors (Lipinski definition) is 1. The fourth-order valence-electron chi connectivity index (χ4n) is 2.05. The number of rotatable bonds is 6. The summed E-state index contributed by atoms with van der Waals surface area (Å²) in [6, 6.07) is 3.07. The van der Waals surface area contributed by atoms with E-state index in [1.54, 1.807) is 18.5 Å². The number of aromatic nitrogens is 5. The number of nitrogens with zero attached hydrogens (tertiary/aromatic N) is 5. The van der Waals surface area contributed by atoms with Crippen molar-refractivity contribution in [1.82, 2.24) is 24.9 Å². The minimum Gasteiger partial charge on any atom is -0.468 e. The third kappa shape index (κ3) is 4.72. The van der Waals surface area contributed by atoms with E-state index < -0.39 is 12.8 Å². The Kier molecular flexibility index (Phi) is 4.87. The lowest BCUT2D eigenvalue weighted by atomic mass is 10.2. The molecule has 0 saturated heterocycles. The highest BCUT2D eigenvalue weighted by atomic mass is 19.4. The van der Waals surface area contributed by atoms with Crippen LogP contribution in [0.15, 0.2) is 37.1 Å². The van der Waals surface area contributed by atoms with E-state index in [0.717, 1.165) is 5.56 Å². The molecule has 25 heavy (non-hydrogen) atoms. The first-order valence-corrected chi connectivity index (χ1v) is 7.31. The average molecular weight is 350 g/mol. The molecule has 0 bridgehead atoms. The summed E-state index contributed by atoms with van der Waals surface area (Å²) in [7, 11) is 0. The fourth-order valence-corrected chi connectivity index (χ4v) is 2.05. The van der Waals surface area contributed by atoms with Crippen molar-refractivity contribution in [2.45, 2.75) is 12.6 Å². The molecule has 3 aromatic rings. The van der Waals surface area contributed by atoms with Crippen LogP contribution in [0.5, 0.6) is 5.88 Å². The Morgan fingerprint density at radius 1 is 1.00 bits per heavy atom. The Balaban J connectivity index is 1.55. The predicted molar refractivity (Wildman–Crippen MR) is 83.1 cm³/mol. The van der Waals surface area contributed by atoms with Gasteiger partial charge in [-0.3, -0.25) is 0 Å². The molecule has 1 N–H and O–H groups in total. The summed E-state index contributed by atoms with van der Waals surface area (Å²) in [6.45, 7) is -0.824. The third-order valence-electron chi connectivity index (χ3n) is 3.16. The highest BCUT2D eigenvalue weighted by Gasteiger charge is 2.28. The first-order chi connectivity index (χ1) is 12.0. The van der Waals surface area contributed by atoms with Crippen molar-refractivity contribution in [2.75, 3.05) is 18.5 Å². The van der Waals surface area contributed by atoms with Crippen LogP contribution in [-0.4, -0.2) is 44.2 Å². The van der Waals surface area contributed by atoms with Crippen LogP contribution in [0.25, 0.3) is 11.2 Å². The van der Waals surface area contributed by atoms with Crippen LogP contribution >= 0.6 is 0 Å². The summed E-state index contributed by atoms with van der Waals surface area (Å²) in [4.78, 5) is 20.3. The second-order valence-electron chi connectivity index (χ2n) is 5.04. The maximum Gasteiger partial charge on any atom is 0.422 e. The summed E-state index contributed by atoms with van der Waals surface area (Å²) >= 11 is 0. The van der Waals surface area contributed by atoms with Crippen LogP contribution in [0, 0.1) is 0 Å². The second kappa shape index (κ2) is 7.24. The topological polar surface area (TPSA) is 85.7 Å². The lowest BCUT2D eigenvalue weighted by Crippen LogP contribution is -2.19. The van der Waals surface area contributed by atoms with Crippen LogP contribution in [0.2, 0.25) is 0 Å². The smallest absolute Gasteiger partial charge is 0.422 e. The van der Waals surface area contributed by atoms with E-state index in [2.05, 4.69) is 35.0 Å². The number of ether oxygens (including phenoxy) is 1. The molecule has 0 unspecified atom stereocenters. The lowest BCUT2D eigenvalue weighted by molar-refractivity contribution is -0.154. The van der Waals surface area contributed by atoms with E-state index in [1.165, 1.54) is 18.6 Å². The quantitative estimate of drug-likeness (QED) is 0.730. The van der Waals surface area contributed by atoms with E-state index in [0.29, 0.717) is 29.9 Å². The molecule has 0 aromatic carbocycles. The molecule has 3 rings (SSSR count). The van der Waals surface area contributed by atoms with Crippen molar-refractivity contribution in [3.63, 3.8) is 0 Å². The van der Waals surface area contributed by atoms with Crippen LogP contribution in [0.4, 0.5) is 19.0 Å². The standard InChI is InChI=1S/C15H13F3N6O/c16-15(17,18)8-25-11-2-1-10(7-22-11)3-4-20-13-12-14(24-9-23-13)21-6-5-19-12/h1-2,5-7,9H,3-4,8H2,(H,20,21,23,24). The Bertz CT molecular complexity index is 835. The van der Waals surface area contributed by atoms with Crippen LogP contribution in [-0.2, 0) is 6.42 Å². The van der Waals surface area contributed by atoms with Crippen molar-refractivity contribution in [1.29, 1.82) is 0 Å². The van der Waals surface area contributed by atoms with Gasteiger partial charge in [-0.25, -0.2) is 24.9 Å². The largest absolute Gasteiger partial charge is 0.468 e. The van der Waals surface area contributed by atoms with Gasteiger partial charge in [0.15, 0.2) is 18.1 Å². The molecule has 0 saturated carbocycles. The Morgan fingerprint density at radius 3 is 2.60 bits per heavy atom. The zero-order valence-electron chi connectivity index (χ0n) is 12.9. The van der Waals surface area contributed by atoms with Gasteiger partial charge in [0.1, 0.15) is 11.8 Å². The zero-order valence-corrected chi connectivity index (χ0v) is 12.9. The molecule has 0 aliphatic rings. The number of pyridine rings is 1. The van der Waals surface area contributed by atoms with Crippen molar-refractivity contribution in [3.05, 3.63) is 42.6 Å². The number of halogens is 3. The Hall–Kier alpha value is -3.04. The highest BCUT2D eigenvalue weighted by Crippen LogP contribution is 2.17. The number of fused-ring (bicyclic) bond motifs is 1. The Morgan fingerprint density at radius 2 is 1.84 bits per heavy atom. The number of anilines is 1. The molecule has 7 nitrogen and oxygen atoms in total. The highest BCUT2D eigenvalue weighted by molar-refractivity contribution is 5.81. The van der Waals surface area contributed by atoms with Crippen molar-refractivity contribution >= 4 is 17.0 Å². The first-order valence-electron chi connectivity index (χ1n) is 7.31. The van der Waals surface area contributed by atoms with Gasteiger partial charge >= 0.3 is 6.18 Å². The minimum absolute atomic E-state index is 0.0638. The maximum atomic E-state index is 12.1. The molecule has 3 aromatic heterocycles. The number of nitrogens with one attached hydrogen (secondary N) is 1. The molecule has 130 valence electrons. The number of alkyl halides is 3. The normalized spacial score (nSPS) is 11.5. The van der Waals surface area contributed by atoms with Crippen molar-refractivity contribution < 1.29 is 17.9 Å². The van der Waals surface area contributed by atoms with Gasteiger partial charge in [-0.15, -0.1) is 0 Å². The molecule has 0 aliphatic heterocycles. The number of hydrogen-bond acceptors (Lipinski definition) is 7. The van der Waals surface area contributed by atoms with Crippen molar-refractivity contribution in [3.8, 4) is 5.88 Å². The predicted octanol–water partition coefficient (Wildman–Crippen LogP) is 2.41. The SMILES string of the molecule is FC(F)(F)COc1ccc(CCNc2ncnc3nccnc23)cn1. The van der Waals surface area contributed by atoms with E-state index >= 15 is 0 Å². The van der Waals surface area contributed by atoms with Crippen LogP contribution in [0.1, 0.15) is 5.56 Å². The second-order valence-corrected chi connectivity index (χ2v) is 5.04. The van der Waals surface area contributed by atoms with Gasteiger partial charge in [0.2, 0.25) is 5.88 Å². The average Bonchev–Trinajstić information content (AvgIpc) is 2.61. The van der Waals surface area contributed by atoms with Gasteiger partial charge in [-0.05, 0) is 12.0 Å². The molecular formula is C15H13F3N6O. The monoisotopic (exact) mass is 350 g/mol. The van der Waals surface area contributed by atoms with E-state index in [4.69, 9.17) is 0 Å². The van der Waals surface area contributed by atoms with Gasteiger partial charge in [-0.2, -0.15) is 13.2 Å². The van der Waals surface area contributed by atoms with Gasteiger partial charge < -0.3 is 10.1 Å². The Labute approximate surface area is 140 Å². The molecule has 0 fully saturated rings. The molecule has 0 atom stereocenters. The molecule has 0 amide bonds. The molecule has 0 spiro atoms. The summed E-state index contributed by atoms with van der Waals surface area (Å²) in [5.41, 5.74) is 1.91. The van der Waals surface area contributed by atoms with Gasteiger partial charge in [0.25, 0.3) is 0 Å². The van der Waals surface area contributed by atoms with Gasteiger partial charge in [0, 0.05) is 31.2 Å². The summed E-state index contributed by atoms with van der Waals surface area (Å²) in [5.74, 6) is 0.502. The van der Waals surface area contributed by atoms with E-state index in [9.17, 15) is 13.2 Å². The summed E-state index contributed by atoms with van der Waals surface area (Å²) in [5, 5.41) is 3.13. The van der Waals surface area contributed by atoms with Crippen molar-refractivity contribution in [2.24, 2.45) is 0 Å². The first kappa shape index (κ1) is 16.8. The molecular weight excluding hydrogens is 337 g/mol. The van der Waals surface area contributed by atoms with E-state index in [1.807, 2.05) is 0 Å². The molecule has 0 radical (unpaired) electrons. The molecule has 0 aliphatic carbocycles. The minimum atomic E-state index is -4.38. The lowest BCUT2D eigenvalue weighted by Gasteiger charge is -2.09. The zero-order chi connectivity index (χ0) is 17.7. The maximum absolute atomic E-state index is 12.1. The van der Waals surface area contributed by atoms with Gasteiger partial charge in [0.05, 0.1) is 0 Å². The molecule has 3 heterocycles. The van der Waals surface area contributed by atoms with Crippen LogP contribution in [0.3, 0.4) is 0 Å². The summed E-state index contributed by atoms with van der Waals surface area (Å²) in [6.07, 6.45) is 2.19. The fraction of sp³-hybridized carbons (Fsp3) is 0.267. The molecule has 10 heteroatoms.